The van der Waals surface area contributed by atoms with Crippen LogP contribution in [0, 0.1) is 0 Å². The van der Waals surface area contributed by atoms with Crippen molar-refractivity contribution in [3.05, 3.63) is 73.6 Å². The van der Waals surface area contributed by atoms with Gasteiger partial charge in [0.25, 0.3) is 17.7 Å². The quantitative estimate of drug-likeness (QED) is 0.577. The summed E-state index contributed by atoms with van der Waals surface area (Å²) < 4.78 is 0. The van der Waals surface area contributed by atoms with Crippen LogP contribution < -0.4 is 16.2 Å². The lowest BCUT2D eigenvalue weighted by Gasteiger charge is -2.12. The van der Waals surface area contributed by atoms with Crippen LogP contribution in [0.25, 0.3) is 0 Å². The number of benzene rings is 1. The third kappa shape index (κ3) is 4.29. The monoisotopic (exact) mass is 405 g/mol. The second kappa shape index (κ2) is 8.13. The largest absolute Gasteiger partial charge is 0.320 e. The number of anilines is 1. The summed E-state index contributed by atoms with van der Waals surface area (Å²) in [5.41, 5.74) is 5.09. The predicted molar refractivity (Wildman–Crippen MR) is 103 cm³/mol. The number of thiophene rings is 2. The molecule has 0 aliphatic rings. The Labute approximate surface area is 161 Å². The fraction of sp³-hybridized carbons (Fsp3) is 0. The van der Waals surface area contributed by atoms with Crippen LogP contribution in [0.1, 0.15) is 29.7 Å². The predicted octanol–water partition coefficient (Wildman–Crippen LogP) is 3.79. The van der Waals surface area contributed by atoms with E-state index in [9.17, 15) is 14.4 Å². The van der Waals surface area contributed by atoms with E-state index in [2.05, 4.69) is 16.2 Å². The van der Waals surface area contributed by atoms with Crippen LogP contribution in [0.5, 0.6) is 0 Å². The molecular formula is C17H12ClN3O3S2. The maximum absolute atomic E-state index is 12.4. The molecule has 1 aromatic carbocycles. The number of amides is 3. The van der Waals surface area contributed by atoms with E-state index in [1.165, 1.54) is 40.9 Å². The fourth-order valence-corrected chi connectivity index (χ4v) is 3.47. The van der Waals surface area contributed by atoms with Crippen molar-refractivity contribution in [3.63, 3.8) is 0 Å². The molecule has 0 aliphatic carbocycles. The molecule has 6 nitrogen and oxygen atoms in total. The average molecular weight is 406 g/mol. The normalized spacial score (nSPS) is 10.2. The molecule has 3 rings (SSSR count). The maximum atomic E-state index is 12.4. The van der Waals surface area contributed by atoms with E-state index in [0.717, 1.165) is 0 Å². The van der Waals surface area contributed by atoms with Crippen LogP contribution in [0.15, 0.2) is 53.2 Å². The maximum Gasteiger partial charge on any atom is 0.279 e. The van der Waals surface area contributed by atoms with Gasteiger partial charge in [-0.15, -0.1) is 22.7 Å². The van der Waals surface area contributed by atoms with Crippen LogP contribution in [-0.4, -0.2) is 17.7 Å². The van der Waals surface area contributed by atoms with Crippen molar-refractivity contribution >= 4 is 57.7 Å². The summed E-state index contributed by atoms with van der Waals surface area (Å²) in [7, 11) is 0. The zero-order valence-corrected chi connectivity index (χ0v) is 15.5. The van der Waals surface area contributed by atoms with Crippen LogP contribution in [0.3, 0.4) is 0 Å². The Bertz CT molecular complexity index is 940. The van der Waals surface area contributed by atoms with Crippen molar-refractivity contribution in [1.82, 2.24) is 10.9 Å². The van der Waals surface area contributed by atoms with E-state index in [4.69, 9.17) is 11.6 Å². The molecule has 3 N–H and O–H groups in total. The SMILES string of the molecule is O=C(NNC(=O)c1ccc(Cl)cc1NC(=O)c1cccs1)c1cccs1. The summed E-state index contributed by atoms with van der Waals surface area (Å²) in [5, 5.41) is 6.57. The first-order chi connectivity index (χ1) is 12.5. The fourth-order valence-electron chi connectivity index (χ4n) is 2.06. The Morgan fingerprint density at radius 3 is 2.04 bits per heavy atom. The molecular weight excluding hydrogens is 394 g/mol. The van der Waals surface area contributed by atoms with Gasteiger partial charge in [0.15, 0.2) is 0 Å². The van der Waals surface area contributed by atoms with Crippen LogP contribution >= 0.6 is 34.3 Å². The summed E-state index contributed by atoms with van der Waals surface area (Å²) in [6.07, 6.45) is 0. The van der Waals surface area contributed by atoms with Gasteiger partial charge in [-0.25, -0.2) is 0 Å². The number of carbonyl (C=O) groups is 3. The number of hydrogen-bond donors (Lipinski definition) is 3. The van der Waals surface area contributed by atoms with Gasteiger partial charge in [0.2, 0.25) is 0 Å². The molecule has 0 bridgehead atoms. The summed E-state index contributed by atoms with van der Waals surface area (Å²) >= 11 is 8.51. The van der Waals surface area contributed by atoms with Gasteiger partial charge in [-0.3, -0.25) is 25.2 Å². The molecule has 132 valence electrons. The zero-order chi connectivity index (χ0) is 18.5. The Morgan fingerprint density at radius 1 is 0.808 bits per heavy atom. The van der Waals surface area contributed by atoms with Crippen molar-refractivity contribution in [3.8, 4) is 0 Å². The van der Waals surface area contributed by atoms with Gasteiger partial charge in [-0.1, -0.05) is 23.7 Å². The zero-order valence-electron chi connectivity index (χ0n) is 13.1. The van der Waals surface area contributed by atoms with Crippen LogP contribution in [0.4, 0.5) is 5.69 Å². The van der Waals surface area contributed by atoms with Gasteiger partial charge in [0, 0.05) is 5.02 Å². The smallest absolute Gasteiger partial charge is 0.279 e. The number of hydrazine groups is 1. The second-order valence-corrected chi connectivity index (χ2v) is 7.34. The minimum Gasteiger partial charge on any atom is -0.320 e. The Kier molecular flexibility index (Phi) is 5.67. The van der Waals surface area contributed by atoms with Crippen molar-refractivity contribution in [2.45, 2.75) is 0 Å². The molecule has 2 heterocycles. The molecule has 3 aromatic rings. The lowest BCUT2D eigenvalue weighted by atomic mass is 10.1. The van der Waals surface area contributed by atoms with Gasteiger partial charge < -0.3 is 5.32 Å². The highest BCUT2D eigenvalue weighted by Gasteiger charge is 2.16. The van der Waals surface area contributed by atoms with Crippen LogP contribution in [0.2, 0.25) is 5.02 Å². The van der Waals surface area contributed by atoms with Crippen molar-refractivity contribution in [2.75, 3.05) is 5.32 Å². The summed E-state index contributed by atoms with van der Waals surface area (Å²) in [6.45, 7) is 0. The first kappa shape index (κ1) is 18.1. The lowest BCUT2D eigenvalue weighted by molar-refractivity contribution is 0.0849. The van der Waals surface area contributed by atoms with E-state index < -0.39 is 11.8 Å². The molecule has 26 heavy (non-hydrogen) atoms. The van der Waals surface area contributed by atoms with Crippen molar-refractivity contribution in [2.24, 2.45) is 0 Å². The van der Waals surface area contributed by atoms with E-state index in [1.54, 1.807) is 35.0 Å². The topological polar surface area (TPSA) is 87.3 Å². The van der Waals surface area contributed by atoms with E-state index in [-0.39, 0.29) is 17.2 Å². The number of nitrogens with one attached hydrogen (secondary N) is 3. The third-order valence-electron chi connectivity index (χ3n) is 3.25. The molecule has 0 aliphatic heterocycles. The first-order valence-electron chi connectivity index (χ1n) is 7.33. The molecule has 0 radical (unpaired) electrons. The molecule has 0 spiro atoms. The van der Waals surface area contributed by atoms with Gasteiger partial charge in [-0.2, -0.15) is 0 Å². The number of hydrogen-bond acceptors (Lipinski definition) is 5. The summed E-state index contributed by atoms with van der Waals surface area (Å²) in [5.74, 6) is -1.35. The highest BCUT2D eigenvalue weighted by atomic mass is 35.5. The summed E-state index contributed by atoms with van der Waals surface area (Å²) in [4.78, 5) is 37.5. The van der Waals surface area contributed by atoms with E-state index in [0.29, 0.717) is 14.8 Å². The minimum atomic E-state index is -0.576. The van der Waals surface area contributed by atoms with Crippen molar-refractivity contribution in [1.29, 1.82) is 0 Å². The molecule has 0 saturated heterocycles. The van der Waals surface area contributed by atoms with Gasteiger partial charge in [0.1, 0.15) is 0 Å². The van der Waals surface area contributed by atoms with Crippen molar-refractivity contribution < 1.29 is 14.4 Å². The van der Waals surface area contributed by atoms with Crippen LogP contribution in [-0.2, 0) is 0 Å². The molecule has 0 fully saturated rings. The first-order valence-corrected chi connectivity index (χ1v) is 9.47. The van der Waals surface area contributed by atoms with E-state index >= 15 is 0 Å². The highest BCUT2D eigenvalue weighted by Crippen LogP contribution is 2.22. The molecule has 9 heteroatoms. The molecule has 3 amide bonds. The highest BCUT2D eigenvalue weighted by molar-refractivity contribution is 7.12. The average Bonchev–Trinajstić information content (AvgIpc) is 3.32. The molecule has 0 saturated carbocycles. The second-order valence-electron chi connectivity index (χ2n) is 5.01. The van der Waals surface area contributed by atoms with Gasteiger partial charge in [-0.05, 0) is 41.1 Å². The molecule has 0 unspecified atom stereocenters. The standard InChI is InChI=1S/C17H12ClN3O3S2/c18-10-5-6-11(12(9-10)19-16(23)13-3-1-7-25-13)15(22)20-21-17(24)14-4-2-8-26-14/h1-9H,(H,19,23)(H,20,22)(H,21,24). The molecule has 2 aromatic heterocycles. The molecule has 0 atom stereocenters. The lowest BCUT2D eigenvalue weighted by Crippen LogP contribution is -2.41. The number of carbonyl (C=O) groups excluding carboxylic acids is 3. The van der Waals surface area contributed by atoms with Gasteiger partial charge >= 0.3 is 0 Å². The minimum absolute atomic E-state index is 0.172. The number of halogens is 1. The third-order valence-corrected chi connectivity index (χ3v) is 5.23. The van der Waals surface area contributed by atoms with Gasteiger partial charge in [0.05, 0.1) is 21.0 Å². The Morgan fingerprint density at radius 2 is 1.42 bits per heavy atom. The Hall–Kier alpha value is -2.68. The van der Waals surface area contributed by atoms with E-state index in [1.807, 2.05) is 0 Å². The summed E-state index contributed by atoms with van der Waals surface area (Å²) in [6, 6.07) is 11.3. The Balaban J connectivity index is 1.73. The number of rotatable bonds is 4.